The molecule has 0 bridgehead atoms. The van der Waals surface area contributed by atoms with Crippen LogP contribution in [0.5, 0.6) is 5.75 Å². The fourth-order valence-corrected chi connectivity index (χ4v) is 5.19. The molecule has 0 N–H and O–H groups in total. The first-order valence-corrected chi connectivity index (χ1v) is 10.7. The van der Waals surface area contributed by atoms with Crippen LogP contribution in [0.3, 0.4) is 0 Å². The molecule has 6 nitrogen and oxygen atoms in total. The van der Waals surface area contributed by atoms with E-state index in [1.165, 1.54) is 0 Å². The van der Waals surface area contributed by atoms with Crippen LogP contribution in [0.2, 0.25) is 0 Å². The number of aromatic nitrogens is 1. The number of hydrogen-bond donors (Lipinski definition) is 0. The lowest BCUT2D eigenvalue weighted by atomic mass is 10.2. The van der Waals surface area contributed by atoms with E-state index in [4.69, 9.17) is 9.72 Å². The summed E-state index contributed by atoms with van der Waals surface area (Å²) < 4.78 is 6.82. The van der Waals surface area contributed by atoms with Crippen LogP contribution in [0, 0.1) is 0 Å². The highest BCUT2D eigenvalue weighted by Crippen LogP contribution is 2.37. The second-order valence-electron chi connectivity index (χ2n) is 7.31. The molecule has 0 radical (unpaired) electrons. The Morgan fingerprint density at radius 2 is 2.00 bits per heavy atom. The number of para-hydroxylation sites is 3. The van der Waals surface area contributed by atoms with E-state index in [1.807, 2.05) is 47.4 Å². The van der Waals surface area contributed by atoms with Crippen molar-refractivity contribution >= 4 is 39.1 Å². The lowest BCUT2D eigenvalue weighted by Gasteiger charge is -2.27. The maximum Gasteiger partial charge on any atom is 0.243 e. The molecule has 29 heavy (non-hydrogen) atoms. The number of rotatable bonds is 3. The van der Waals surface area contributed by atoms with Crippen LogP contribution < -0.4 is 9.64 Å². The van der Waals surface area contributed by atoms with Gasteiger partial charge in [0.1, 0.15) is 17.3 Å². The summed E-state index contributed by atoms with van der Waals surface area (Å²) in [5, 5.41) is 0.975. The van der Waals surface area contributed by atoms with E-state index >= 15 is 0 Å². The third-order valence-corrected chi connectivity index (χ3v) is 6.63. The Bertz CT molecular complexity index is 1050. The molecule has 1 aromatic heterocycles. The Morgan fingerprint density at radius 3 is 2.90 bits per heavy atom. The topological polar surface area (TPSA) is 62.7 Å². The third-order valence-electron chi connectivity index (χ3n) is 5.49. The normalized spacial score (nSPS) is 19.2. The summed E-state index contributed by atoms with van der Waals surface area (Å²) in [6.07, 6.45) is 2.11. The van der Waals surface area contributed by atoms with Gasteiger partial charge in [0, 0.05) is 6.54 Å². The van der Waals surface area contributed by atoms with Crippen molar-refractivity contribution in [2.24, 2.45) is 0 Å². The average Bonchev–Trinajstić information content (AvgIpc) is 3.35. The van der Waals surface area contributed by atoms with Gasteiger partial charge in [0.05, 0.1) is 35.0 Å². The molecule has 1 fully saturated rings. The molecule has 0 saturated carbocycles. The van der Waals surface area contributed by atoms with Gasteiger partial charge in [-0.1, -0.05) is 24.3 Å². The first kappa shape index (κ1) is 18.1. The minimum Gasteiger partial charge on any atom is -0.491 e. The van der Waals surface area contributed by atoms with E-state index in [-0.39, 0.29) is 30.8 Å². The molecule has 2 aromatic carbocycles. The molecule has 3 heterocycles. The van der Waals surface area contributed by atoms with Crippen LogP contribution in [0.4, 0.5) is 5.69 Å². The van der Waals surface area contributed by atoms with Gasteiger partial charge < -0.3 is 9.64 Å². The van der Waals surface area contributed by atoms with Crippen LogP contribution in [0.1, 0.15) is 30.3 Å². The van der Waals surface area contributed by atoms with Crippen LogP contribution in [0.15, 0.2) is 48.5 Å². The maximum absolute atomic E-state index is 13.2. The van der Waals surface area contributed by atoms with Gasteiger partial charge >= 0.3 is 0 Å². The van der Waals surface area contributed by atoms with Crippen molar-refractivity contribution < 1.29 is 14.3 Å². The standard InChI is InChI=1S/C22H21N3O3S/c26-20-11-13-28-18-9-3-2-7-16(18)25(20)14-21(27)24-12-5-8-17(24)22-23-15-6-1-4-10-19(15)29-22/h1-4,6-7,9-10,17H,5,8,11-14H2/t17-/m1/s1. The monoisotopic (exact) mass is 407 g/mol. The van der Waals surface area contributed by atoms with E-state index in [2.05, 4.69) is 6.07 Å². The van der Waals surface area contributed by atoms with Gasteiger partial charge in [-0.25, -0.2) is 4.98 Å². The van der Waals surface area contributed by atoms with Crippen molar-refractivity contribution in [1.82, 2.24) is 9.88 Å². The lowest BCUT2D eigenvalue weighted by Crippen LogP contribution is -2.42. The minimum absolute atomic E-state index is 0.0199. The number of thiazole rings is 1. The quantitative estimate of drug-likeness (QED) is 0.663. The molecule has 2 amide bonds. The number of amides is 2. The van der Waals surface area contributed by atoms with E-state index in [9.17, 15) is 9.59 Å². The molecule has 3 aromatic rings. The fraction of sp³-hybridized carbons (Fsp3) is 0.318. The molecular weight excluding hydrogens is 386 g/mol. The second kappa shape index (κ2) is 7.48. The van der Waals surface area contributed by atoms with Crippen molar-refractivity contribution in [2.45, 2.75) is 25.3 Å². The number of anilines is 1. The Morgan fingerprint density at radius 1 is 1.17 bits per heavy atom. The number of hydrogen-bond acceptors (Lipinski definition) is 5. The van der Waals surface area contributed by atoms with Crippen molar-refractivity contribution in [3.8, 4) is 5.75 Å². The summed E-state index contributed by atoms with van der Waals surface area (Å²) in [4.78, 5) is 34.1. The second-order valence-corrected chi connectivity index (χ2v) is 8.37. The van der Waals surface area contributed by atoms with Crippen LogP contribution in [-0.2, 0) is 9.59 Å². The van der Waals surface area contributed by atoms with Gasteiger partial charge in [-0.15, -0.1) is 11.3 Å². The molecular formula is C22H21N3O3S. The Hall–Kier alpha value is -2.93. The van der Waals surface area contributed by atoms with E-state index in [1.54, 1.807) is 16.2 Å². The first-order chi connectivity index (χ1) is 14.2. The molecule has 148 valence electrons. The fourth-order valence-electron chi connectivity index (χ4n) is 4.07. The minimum atomic E-state index is -0.0842. The van der Waals surface area contributed by atoms with Gasteiger partial charge in [0.15, 0.2) is 0 Å². The van der Waals surface area contributed by atoms with Gasteiger partial charge in [-0.3, -0.25) is 14.5 Å². The summed E-state index contributed by atoms with van der Waals surface area (Å²) in [6.45, 7) is 1.05. The van der Waals surface area contributed by atoms with E-state index < -0.39 is 0 Å². The van der Waals surface area contributed by atoms with Gasteiger partial charge in [-0.05, 0) is 37.1 Å². The molecule has 5 rings (SSSR count). The van der Waals surface area contributed by atoms with Crippen molar-refractivity contribution in [3.63, 3.8) is 0 Å². The molecule has 1 atom stereocenters. The van der Waals surface area contributed by atoms with E-state index in [0.29, 0.717) is 24.6 Å². The molecule has 1 saturated heterocycles. The molecule has 0 spiro atoms. The molecule has 2 aliphatic rings. The van der Waals surface area contributed by atoms with Gasteiger partial charge in [0.25, 0.3) is 0 Å². The van der Waals surface area contributed by atoms with Crippen molar-refractivity contribution in [3.05, 3.63) is 53.5 Å². The zero-order valence-corrected chi connectivity index (χ0v) is 16.7. The Kier molecular flexibility index (Phi) is 4.67. The number of carbonyl (C=O) groups is 2. The van der Waals surface area contributed by atoms with Crippen LogP contribution >= 0.6 is 11.3 Å². The highest BCUT2D eigenvalue weighted by molar-refractivity contribution is 7.18. The number of carbonyl (C=O) groups excluding carboxylic acids is 2. The predicted molar refractivity (Wildman–Crippen MR) is 112 cm³/mol. The SMILES string of the molecule is O=C1CCOc2ccccc2N1CC(=O)N1CCC[C@@H]1c1nc2ccccc2s1. The van der Waals surface area contributed by atoms with Crippen LogP contribution in [0.25, 0.3) is 10.2 Å². The summed E-state index contributed by atoms with van der Waals surface area (Å²) in [5.74, 6) is 0.520. The molecule has 7 heteroatoms. The number of fused-ring (bicyclic) bond motifs is 2. The maximum atomic E-state index is 13.2. The van der Waals surface area contributed by atoms with Gasteiger partial charge in [0.2, 0.25) is 11.8 Å². The van der Waals surface area contributed by atoms with Crippen molar-refractivity contribution in [1.29, 1.82) is 0 Å². The largest absolute Gasteiger partial charge is 0.491 e. The zero-order chi connectivity index (χ0) is 19.8. The third kappa shape index (κ3) is 3.35. The van der Waals surface area contributed by atoms with E-state index in [0.717, 1.165) is 28.1 Å². The highest BCUT2D eigenvalue weighted by atomic mass is 32.1. The number of nitrogens with zero attached hydrogens (tertiary/aromatic N) is 3. The highest BCUT2D eigenvalue weighted by Gasteiger charge is 2.34. The smallest absolute Gasteiger partial charge is 0.243 e. The number of likely N-dealkylation sites (tertiary alicyclic amines) is 1. The van der Waals surface area contributed by atoms with Crippen molar-refractivity contribution in [2.75, 3.05) is 24.6 Å². The molecule has 0 unspecified atom stereocenters. The summed E-state index contributed by atoms with van der Waals surface area (Å²) >= 11 is 1.65. The molecule has 2 aliphatic heterocycles. The Labute approximate surface area is 172 Å². The first-order valence-electron chi connectivity index (χ1n) is 9.88. The van der Waals surface area contributed by atoms with Crippen LogP contribution in [-0.4, -0.2) is 41.4 Å². The van der Waals surface area contributed by atoms with Gasteiger partial charge in [-0.2, -0.15) is 0 Å². The average molecular weight is 407 g/mol. The molecule has 0 aliphatic carbocycles. The summed E-state index contributed by atoms with van der Waals surface area (Å²) in [5.41, 5.74) is 1.64. The summed E-state index contributed by atoms with van der Waals surface area (Å²) in [7, 11) is 0. The lowest BCUT2D eigenvalue weighted by molar-refractivity contribution is -0.132. The predicted octanol–water partition coefficient (Wildman–Crippen LogP) is 3.78. The Balaban J connectivity index is 1.40. The zero-order valence-electron chi connectivity index (χ0n) is 15.9. The number of benzene rings is 2. The summed E-state index contributed by atoms with van der Waals surface area (Å²) in [6, 6.07) is 15.4. The number of ether oxygens (including phenoxy) is 1.